The van der Waals surface area contributed by atoms with E-state index in [1.54, 1.807) is 6.20 Å². The Kier molecular flexibility index (Phi) is 3.06. The molecule has 1 rings (SSSR count). The minimum Gasteiger partial charge on any atom is -0.383 e. The largest absolute Gasteiger partial charge is 0.383 e. The van der Waals surface area contributed by atoms with Gasteiger partial charge < -0.3 is 10.6 Å². The zero-order chi connectivity index (χ0) is 10.7. The van der Waals surface area contributed by atoms with Gasteiger partial charge in [0.25, 0.3) is 0 Å². The number of nitrogens with two attached hydrogens (primary N) is 1. The van der Waals surface area contributed by atoms with Crippen LogP contribution in [0.1, 0.15) is 18.3 Å². The van der Waals surface area contributed by atoms with Crippen LogP contribution in [0.15, 0.2) is 12.8 Å². The molecular formula is C10H16N4. The van der Waals surface area contributed by atoms with Crippen molar-refractivity contribution < 1.29 is 0 Å². The number of aromatic nitrogens is 2. The van der Waals surface area contributed by atoms with Crippen molar-refractivity contribution in [3.8, 4) is 0 Å². The lowest BCUT2D eigenvalue weighted by Gasteiger charge is -2.19. The van der Waals surface area contributed by atoms with Gasteiger partial charge >= 0.3 is 0 Å². The molecule has 2 N–H and O–H groups in total. The summed E-state index contributed by atoms with van der Waals surface area (Å²) < 4.78 is 0. The lowest BCUT2D eigenvalue weighted by molar-refractivity contribution is 0.937. The van der Waals surface area contributed by atoms with Gasteiger partial charge in [-0.3, -0.25) is 0 Å². The first kappa shape index (κ1) is 10.5. The summed E-state index contributed by atoms with van der Waals surface area (Å²) in [6, 6.07) is 0. The highest BCUT2D eigenvalue weighted by Crippen LogP contribution is 2.21. The van der Waals surface area contributed by atoms with E-state index in [0.29, 0.717) is 11.6 Å². The highest BCUT2D eigenvalue weighted by Gasteiger charge is 2.10. The summed E-state index contributed by atoms with van der Waals surface area (Å²) in [5, 5.41) is 0. The smallest absolute Gasteiger partial charge is 0.141 e. The average Bonchev–Trinajstić information content (AvgIpc) is 2.15. The maximum Gasteiger partial charge on any atom is 0.141 e. The van der Waals surface area contributed by atoms with E-state index in [4.69, 9.17) is 5.73 Å². The van der Waals surface area contributed by atoms with Gasteiger partial charge in [-0.25, -0.2) is 9.97 Å². The first-order valence-corrected chi connectivity index (χ1v) is 4.60. The van der Waals surface area contributed by atoms with Gasteiger partial charge in [-0.1, -0.05) is 6.58 Å². The Hall–Kier alpha value is -1.58. The lowest BCUT2D eigenvalue weighted by Crippen LogP contribution is -2.18. The Balaban J connectivity index is 3.25. The van der Waals surface area contributed by atoms with Crippen molar-refractivity contribution >= 4 is 11.6 Å². The van der Waals surface area contributed by atoms with Crippen LogP contribution in [0.4, 0.5) is 11.6 Å². The molecule has 0 unspecified atom stereocenters. The molecule has 0 aliphatic rings. The number of nitrogens with zero attached hydrogens (tertiary/aromatic N) is 3. The molecule has 0 bridgehead atoms. The summed E-state index contributed by atoms with van der Waals surface area (Å²) in [6.45, 7) is 10.3. The van der Waals surface area contributed by atoms with Gasteiger partial charge in [0.1, 0.15) is 17.5 Å². The van der Waals surface area contributed by atoms with Crippen molar-refractivity contribution in [1.29, 1.82) is 0 Å². The summed E-state index contributed by atoms with van der Waals surface area (Å²) in [7, 11) is 0. The summed E-state index contributed by atoms with van der Waals surface area (Å²) in [5.74, 6) is 2.06. The van der Waals surface area contributed by atoms with Crippen LogP contribution in [-0.4, -0.2) is 16.5 Å². The number of hydrogen-bond acceptors (Lipinski definition) is 4. The van der Waals surface area contributed by atoms with E-state index < -0.39 is 0 Å². The highest BCUT2D eigenvalue weighted by atomic mass is 15.2. The Morgan fingerprint density at radius 1 is 1.43 bits per heavy atom. The molecule has 0 radical (unpaired) electrons. The first-order chi connectivity index (χ1) is 6.60. The fraction of sp³-hybridized carbons (Fsp3) is 0.400. The van der Waals surface area contributed by atoms with Crippen molar-refractivity contribution in [2.45, 2.75) is 20.8 Å². The van der Waals surface area contributed by atoms with Crippen molar-refractivity contribution in [3.05, 3.63) is 24.2 Å². The fourth-order valence-corrected chi connectivity index (χ4v) is 1.28. The topological polar surface area (TPSA) is 55.0 Å². The third-order valence-electron chi connectivity index (χ3n) is 2.10. The van der Waals surface area contributed by atoms with E-state index in [-0.39, 0.29) is 0 Å². The van der Waals surface area contributed by atoms with Crippen LogP contribution in [0.25, 0.3) is 0 Å². The predicted molar refractivity (Wildman–Crippen MR) is 59.1 cm³/mol. The third kappa shape index (κ3) is 1.84. The zero-order valence-corrected chi connectivity index (χ0v) is 8.91. The molecule has 1 aromatic rings. The Morgan fingerprint density at radius 2 is 2.07 bits per heavy atom. The molecule has 0 spiro atoms. The maximum atomic E-state index is 5.76. The molecule has 0 aromatic carbocycles. The molecule has 0 saturated carbocycles. The summed E-state index contributed by atoms with van der Waals surface area (Å²) in [6.07, 6.45) is 1.74. The van der Waals surface area contributed by atoms with E-state index in [1.165, 1.54) is 0 Å². The molecule has 0 atom stereocenters. The van der Waals surface area contributed by atoms with Gasteiger partial charge in [0.15, 0.2) is 0 Å². The number of rotatable bonds is 3. The van der Waals surface area contributed by atoms with Crippen LogP contribution in [0.3, 0.4) is 0 Å². The van der Waals surface area contributed by atoms with Crippen LogP contribution < -0.4 is 10.6 Å². The monoisotopic (exact) mass is 192 g/mol. The van der Waals surface area contributed by atoms with Gasteiger partial charge in [0, 0.05) is 12.1 Å². The fourth-order valence-electron chi connectivity index (χ4n) is 1.28. The Labute approximate surface area is 84.5 Å². The molecule has 1 aromatic heterocycles. The molecule has 0 aliphatic heterocycles. The number of aryl methyl sites for hydroxylation is 1. The van der Waals surface area contributed by atoms with Crippen LogP contribution in [0.5, 0.6) is 0 Å². The van der Waals surface area contributed by atoms with E-state index in [0.717, 1.165) is 17.9 Å². The number of nitrogen functional groups attached to an aromatic ring is 1. The van der Waals surface area contributed by atoms with Crippen molar-refractivity contribution in [1.82, 2.24) is 9.97 Å². The SMILES string of the molecule is C=CN(CC)c1nc(C)nc(N)c1C. The summed E-state index contributed by atoms with van der Waals surface area (Å²) in [4.78, 5) is 10.4. The van der Waals surface area contributed by atoms with E-state index in [9.17, 15) is 0 Å². The molecule has 0 amide bonds. The molecule has 0 fully saturated rings. The number of anilines is 2. The Morgan fingerprint density at radius 3 is 2.57 bits per heavy atom. The minimum absolute atomic E-state index is 0.535. The second kappa shape index (κ2) is 4.09. The second-order valence-corrected chi connectivity index (χ2v) is 3.07. The zero-order valence-electron chi connectivity index (χ0n) is 8.91. The van der Waals surface area contributed by atoms with Crippen molar-refractivity contribution in [2.75, 3.05) is 17.2 Å². The summed E-state index contributed by atoms with van der Waals surface area (Å²) in [5.41, 5.74) is 6.66. The van der Waals surface area contributed by atoms with Crippen LogP contribution in [-0.2, 0) is 0 Å². The molecule has 76 valence electrons. The van der Waals surface area contributed by atoms with Gasteiger partial charge in [0.05, 0.1) is 0 Å². The van der Waals surface area contributed by atoms with Crippen LogP contribution in [0.2, 0.25) is 0 Å². The van der Waals surface area contributed by atoms with E-state index in [2.05, 4.69) is 16.5 Å². The molecular weight excluding hydrogens is 176 g/mol. The highest BCUT2D eigenvalue weighted by molar-refractivity contribution is 5.57. The quantitative estimate of drug-likeness (QED) is 0.791. The average molecular weight is 192 g/mol. The molecule has 1 heterocycles. The van der Waals surface area contributed by atoms with Gasteiger partial charge in [-0.15, -0.1) is 0 Å². The molecule has 4 heteroatoms. The van der Waals surface area contributed by atoms with Crippen LogP contribution >= 0.6 is 0 Å². The van der Waals surface area contributed by atoms with Gasteiger partial charge in [-0.2, -0.15) is 0 Å². The lowest BCUT2D eigenvalue weighted by atomic mass is 10.3. The molecule has 0 aliphatic carbocycles. The second-order valence-electron chi connectivity index (χ2n) is 3.07. The molecule has 14 heavy (non-hydrogen) atoms. The third-order valence-corrected chi connectivity index (χ3v) is 2.10. The normalized spacial score (nSPS) is 9.93. The summed E-state index contributed by atoms with van der Waals surface area (Å²) >= 11 is 0. The van der Waals surface area contributed by atoms with Crippen LogP contribution in [0, 0.1) is 13.8 Å². The molecule has 4 nitrogen and oxygen atoms in total. The minimum atomic E-state index is 0.535. The maximum absolute atomic E-state index is 5.76. The van der Waals surface area contributed by atoms with Gasteiger partial charge in [0.2, 0.25) is 0 Å². The van der Waals surface area contributed by atoms with Crippen molar-refractivity contribution in [2.24, 2.45) is 0 Å². The first-order valence-electron chi connectivity index (χ1n) is 4.60. The Bertz CT molecular complexity index is 346. The molecule has 0 saturated heterocycles. The number of hydrogen-bond donors (Lipinski definition) is 1. The van der Waals surface area contributed by atoms with Gasteiger partial charge in [-0.05, 0) is 27.0 Å². The van der Waals surface area contributed by atoms with Crippen molar-refractivity contribution in [3.63, 3.8) is 0 Å². The predicted octanol–water partition coefficient (Wildman–Crippen LogP) is 1.65. The van der Waals surface area contributed by atoms with E-state index >= 15 is 0 Å². The standard InChI is InChI=1S/C10H16N4/c1-5-14(6-2)10-7(3)9(11)12-8(4)13-10/h5H,1,6H2,2-4H3,(H2,11,12,13). The van der Waals surface area contributed by atoms with E-state index in [1.807, 2.05) is 25.7 Å².